The highest BCUT2D eigenvalue weighted by Crippen LogP contribution is 2.28. The molecule has 1 aromatic rings. The summed E-state index contributed by atoms with van der Waals surface area (Å²) < 4.78 is 5.58. The molecule has 2 heterocycles. The molecule has 0 radical (unpaired) electrons. The van der Waals surface area contributed by atoms with Crippen LogP contribution in [0.15, 0.2) is 6.33 Å². The van der Waals surface area contributed by atoms with E-state index in [0.29, 0.717) is 6.04 Å². The van der Waals surface area contributed by atoms with Gasteiger partial charge in [0.2, 0.25) is 0 Å². The van der Waals surface area contributed by atoms with Crippen LogP contribution >= 0.6 is 15.9 Å². The number of hydrogen-bond donors (Lipinski definition) is 0. The minimum Gasteiger partial charge on any atom is -0.377 e. The third kappa shape index (κ3) is 2.77. The normalized spacial score (nSPS) is 23.8. The average Bonchev–Trinajstić information content (AvgIpc) is 2.72. The third-order valence-electron chi connectivity index (χ3n) is 4.03. The van der Waals surface area contributed by atoms with Crippen molar-refractivity contribution in [1.82, 2.24) is 9.97 Å². The molecule has 0 saturated carbocycles. The van der Waals surface area contributed by atoms with Gasteiger partial charge in [0.15, 0.2) is 0 Å². The van der Waals surface area contributed by atoms with Gasteiger partial charge in [-0.05, 0) is 25.7 Å². The third-order valence-corrected chi connectivity index (χ3v) is 4.78. The van der Waals surface area contributed by atoms with Crippen molar-refractivity contribution in [2.24, 2.45) is 0 Å². The molecule has 2 aliphatic rings. The van der Waals surface area contributed by atoms with Gasteiger partial charge in [0.05, 0.1) is 19.3 Å². The summed E-state index contributed by atoms with van der Waals surface area (Å²) in [4.78, 5) is 11.5. The van der Waals surface area contributed by atoms with Crippen molar-refractivity contribution in [3.63, 3.8) is 0 Å². The SMILES string of the molecule is BrCC1COCCN1c1ncnc2c1CCCCC2. The Hall–Kier alpha value is -0.680. The molecule has 1 unspecified atom stereocenters. The monoisotopic (exact) mass is 325 g/mol. The van der Waals surface area contributed by atoms with E-state index < -0.39 is 0 Å². The summed E-state index contributed by atoms with van der Waals surface area (Å²) >= 11 is 3.60. The zero-order valence-corrected chi connectivity index (χ0v) is 12.7. The van der Waals surface area contributed by atoms with Gasteiger partial charge in [-0.15, -0.1) is 0 Å². The van der Waals surface area contributed by atoms with Crippen LogP contribution in [-0.4, -0.2) is 41.1 Å². The highest BCUT2D eigenvalue weighted by Gasteiger charge is 2.26. The molecule has 1 saturated heterocycles. The van der Waals surface area contributed by atoms with Crippen molar-refractivity contribution in [1.29, 1.82) is 0 Å². The van der Waals surface area contributed by atoms with E-state index in [2.05, 4.69) is 30.8 Å². The lowest BCUT2D eigenvalue weighted by molar-refractivity contribution is 0.0999. The number of aryl methyl sites for hydroxylation is 1. The molecule has 0 spiro atoms. The summed E-state index contributed by atoms with van der Waals surface area (Å²) in [6, 6.07) is 0.385. The van der Waals surface area contributed by atoms with Crippen molar-refractivity contribution in [3.8, 4) is 0 Å². The van der Waals surface area contributed by atoms with Gasteiger partial charge in [0, 0.05) is 23.1 Å². The Labute approximate surface area is 122 Å². The Morgan fingerprint density at radius 2 is 2.16 bits per heavy atom. The molecule has 1 aliphatic heterocycles. The Morgan fingerprint density at radius 1 is 1.26 bits per heavy atom. The number of nitrogens with zero attached hydrogens (tertiary/aromatic N) is 3. The van der Waals surface area contributed by atoms with Gasteiger partial charge in [-0.3, -0.25) is 0 Å². The lowest BCUT2D eigenvalue weighted by atomic mass is 10.1. The molecule has 0 N–H and O–H groups in total. The van der Waals surface area contributed by atoms with E-state index in [-0.39, 0.29) is 0 Å². The van der Waals surface area contributed by atoms with E-state index in [1.807, 2.05) is 0 Å². The fourth-order valence-electron chi connectivity index (χ4n) is 2.99. The molecular formula is C14H20BrN3O. The minimum atomic E-state index is 0.385. The first kappa shape index (κ1) is 13.3. The van der Waals surface area contributed by atoms with Crippen LogP contribution in [0.1, 0.15) is 30.5 Å². The maximum Gasteiger partial charge on any atom is 0.135 e. The van der Waals surface area contributed by atoms with E-state index in [4.69, 9.17) is 4.74 Å². The van der Waals surface area contributed by atoms with Crippen molar-refractivity contribution in [2.75, 3.05) is 30.0 Å². The average molecular weight is 326 g/mol. The number of fused-ring (bicyclic) bond motifs is 1. The van der Waals surface area contributed by atoms with Gasteiger partial charge < -0.3 is 9.64 Å². The highest BCUT2D eigenvalue weighted by atomic mass is 79.9. The molecule has 1 aromatic heterocycles. The predicted molar refractivity (Wildman–Crippen MR) is 79.0 cm³/mol. The molecule has 4 nitrogen and oxygen atoms in total. The van der Waals surface area contributed by atoms with Gasteiger partial charge in [-0.25, -0.2) is 9.97 Å². The molecule has 1 fully saturated rings. The van der Waals surface area contributed by atoms with Crippen molar-refractivity contribution in [3.05, 3.63) is 17.6 Å². The van der Waals surface area contributed by atoms with Crippen molar-refractivity contribution >= 4 is 21.7 Å². The van der Waals surface area contributed by atoms with Gasteiger partial charge in [0.25, 0.3) is 0 Å². The van der Waals surface area contributed by atoms with E-state index in [0.717, 1.165) is 43.7 Å². The molecular weight excluding hydrogens is 306 g/mol. The number of ether oxygens (including phenoxy) is 1. The van der Waals surface area contributed by atoms with E-state index in [9.17, 15) is 0 Å². The lowest BCUT2D eigenvalue weighted by Gasteiger charge is -2.36. The quantitative estimate of drug-likeness (QED) is 0.618. The van der Waals surface area contributed by atoms with Gasteiger partial charge in [-0.1, -0.05) is 22.4 Å². The van der Waals surface area contributed by atoms with Gasteiger partial charge in [-0.2, -0.15) is 0 Å². The van der Waals surface area contributed by atoms with Crippen LogP contribution in [0, 0.1) is 0 Å². The fourth-order valence-corrected chi connectivity index (χ4v) is 3.53. The number of morpholine rings is 1. The Bertz CT molecular complexity index is 441. The van der Waals surface area contributed by atoms with E-state index >= 15 is 0 Å². The molecule has 5 heteroatoms. The molecule has 3 rings (SSSR count). The number of halogens is 1. The summed E-state index contributed by atoms with van der Waals surface area (Å²) in [7, 11) is 0. The van der Waals surface area contributed by atoms with E-state index in [1.54, 1.807) is 6.33 Å². The van der Waals surface area contributed by atoms with Crippen LogP contribution in [0.25, 0.3) is 0 Å². The van der Waals surface area contributed by atoms with Gasteiger partial charge >= 0.3 is 0 Å². The summed E-state index contributed by atoms with van der Waals surface area (Å²) in [5.41, 5.74) is 2.65. The van der Waals surface area contributed by atoms with Crippen LogP contribution in [-0.2, 0) is 17.6 Å². The first-order valence-electron chi connectivity index (χ1n) is 7.13. The zero-order valence-electron chi connectivity index (χ0n) is 11.1. The summed E-state index contributed by atoms with van der Waals surface area (Å²) in [5, 5.41) is 0.922. The summed E-state index contributed by atoms with van der Waals surface area (Å²) in [5.74, 6) is 1.15. The number of aromatic nitrogens is 2. The first-order chi connectivity index (χ1) is 9.40. The highest BCUT2D eigenvalue weighted by molar-refractivity contribution is 9.09. The molecule has 0 aromatic carbocycles. The summed E-state index contributed by atoms with van der Waals surface area (Å²) in [6.45, 7) is 2.51. The van der Waals surface area contributed by atoms with Crippen LogP contribution < -0.4 is 4.90 Å². The predicted octanol–water partition coefficient (Wildman–Crippen LogP) is 2.35. The van der Waals surface area contributed by atoms with Crippen LogP contribution in [0.2, 0.25) is 0 Å². The molecule has 0 bridgehead atoms. The molecule has 104 valence electrons. The lowest BCUT2D eigenvalue weighted by Crippen LogP contribution is -2.47. The van der Waals surface area contributed by atoms with Crippen LogP contribution in [0.3, 0.4) is 0 Å². The Balaban J connectivity index is 1.95. The standard InChI is InChI=1S/C14H20BrN3O/c15-8-11-9-19-7-6-18(11)14-12-4-2-1-3-5-13(12)16-10-17-14/h10-11H,1-9H2. The van der Waals surface area contributed by atoms with Crippen LogP contribution in [0.5, 0.6) is 0 Å². The molecule has 0 amide bonds. The second-order valence-corrected chi connectivity index (χ2v) is 5.91. The van der Waals surface area contributed by atoms with Gasteiger partial charge in [0.1, 0.15) is 12.1 Å². The second kappa shape index (κ2) is 6.18. The number of rotatable bonds is 2. The Morgan fingerprint density at radius 3 is 3.05 bits per heavy atom. The second-order valence-electron chi connectivity index (χ2n) is 5.26. The number of alkyl halides is 1. The fraction of sp³-hybridized carbons (Fsp3) is 0.714. The maximum absolute atomic E-state index is 5.58. The van der Waals surface area contributed by atoms with Crippen molar-refractivity contribution < 1.29 is 4.74 Å². The topological polar surface area (TPSA) is 38.2 Å². The first-order valence-corrected chi connectivity index (χ1v) is 8.25. The maximum atomic E-state index is 5.58. The summed E-state index contributed by atoms with van der Waals surface area (Å²) in [6.07, 6.45) is 7.79. The van der Waals surface area contributed by atoms with E-state index in [1.165, 1.54) is 30.5 Å². The minimum absolute atomic E-state index is 0.385. The molecule has 1 aliphatic carbocycles. The smallest absolute Gasteiger partial charge is 0.135 e. The van der Waals surface area contributed by atoms with Crippen LogP contribution in [0.4, 0.5) is 5.82 Å². The number of hydrogen-bond acceptors (Lipinski definition) is 4. The molecule has 1 atom stereocenters. The van der Waals surface area contributed by atoms with Crippen molar-refractivity contribution in [2.45, 2.75) is 38.1 Å². The number of anilines is 1. The Kier molecular flexibility index (Phi) is 4.33. The zero-order chi connectivity index (χ0) is 13.1. The molecule has 19 heavy (non-hydrogen) atoms. The largest absolute Gasteiger partial charge is 0.377 e.